The maximum Gasteiger partial charge on any atom is 0.243 e. The van der Waals surface area contributed by atoms with E-state index in [9.17, 15) is 4.79 Å². The molecule has 1 aromatic rings. The molecule has 0 heterocycles. The number of hydroxylamine groups is 1. The molecule has 1 aromatic carbocycles. The summed E-state index contributed by atoms with van der Waals surface area (Å²) in [4.78, 5) is 16.1. The zero-order chi connectivity index (χ0) is 11.1. The Morgan fingerprint density at radius 2 is 2.13 bits per heavy atom. The summed E-state index contributed by atoms with van der Waals surface area (Å²) < 4.78 is 0. The van der Waals surface area contributed by atoms with Gasteiger partial charge in [-0.25, -0.2) is 5.48 Å². The van der Waals surface area contributed by atoms with E-state index in [-0.39, 0.29) is 5.91 Å². The first-order valence-electron chi connectivity index (χ1n) is 5.19. The molecule has 0 aliphatic rings. The van der Waals surface area contributed by atoms with Gasteiger partial charge in [0.1, 0.15) is 0 Å². The van der Waals surface area contributed by atoms with Crippen molar-refractivity contribution in [3.05, 3.63) is 35.4 Å². The van der Waals surface area contributed by atoms with Crippen LogP contribution in [0.1, 0.15) is 24.5 Å². The molecule has 15 heavy (non-hydrogen) atoms. The van der Waals surface area contributed by atoms with Crippen molar-refractivity contribution in [3.8, 4) is 0 Å². The van der Waals surface area contributed by atoms with Crippen LogP contribution in [0.25, 0.3) is 0 Å². The van der Waals surface area contributed by atoms with Crippen molar-refractivity contribution in [1.82, 2.24) is 5.48 Å². The zero-order valence-corrected chi connectivity index (χ0v) is 9.25. The molecule has 0 aliphatic carbocycles. The third-order valence-electron chi connectivity index (χ3n) is 2.21. The van der Waals surface area contributed by atoms with Gasteiger partial charge in [0.25, 0.3) is 0 Å². The molecule has 3 nitrogen and oxygen atoms in total. The fourth-order valence-corrected chi connectivity index (χ4v) is 1.34. The van der Waals surface area contributed by atoms with Crippen LogP contribution in [0.4, 0.5) is 0 Å². The molecule has 0 atom stereocenters. The topological polar surface area (TPSA) is 38.3 Å². The maximum atomic E-state index is 11.3. The Morgan fingerprint density at radius 1 is 1.40 bits per heavy atom. The van der Waals surface area contributed by atoms with Crippen molar-refractivity contribution in [3.63, 3.8) is 0 Å². The van der Waals surface area contributed by atoms with Gasteiger partial charge in [0.15, 0.2) is 0 Å². The molecular formula is C12H17NO2. The first-order chi connectivity index (χ1) is 7.24. The normalized spacial score (nSPS) is 10.0. The largest absolute Gasteiger partial charge is 0.274 e. The predicted octanol–water partition coefficient (Wildman–Crippen LogP) is 2.00. The Bertz CT molecular complexity index is 323. The number of nitrogens with one attached hydrogen (secondary N) is 1. The lowest BCUT2D eigenvalue weighted by molar-refractivity contribution is -0.133. The van der Waals surface area contributed by atoms with Crippen molar-refractivity contribution in [1.29, 1.82) is 0 Å². The lowest BCUT2D eigenvalue weighted by atomic mass is 10.0. The first kappa shape index (κ1) is 11.7. The van der Waals surface area contributed by atoms with E-state index in [1.807, 2.05) is 25.1 Å². The number of rotatable bonds is 5. The second-order valence-corrected chi connectivity index (χ2v) is 3.38. The van der Waals surface area contributed by atoms with Gasteiger partial charge in [0, 0.05) is 6.42 Å². The summed E-state index contributed by atoms with van der Waals surface area (Å²) in [7, 11) is 0. The van der Waals surface area contributed by atoms with E-state index in [4.69, 9.17) is 4.84 Å². The molecule has 0 fully saturated rings. The van der Waals surface area contributed by atoms with Crippen LogP contribution in [0.2, 0.25) is 0 Å². The number of carbonyl (C=O) groups is 1. The summed E-state index contributed by atoms with van der Waals surface area (Å²) in [5, 5.41) is 0. The van der Waals surface area contributed by atoms with Crippen molar-refractivity contribution < 1.29 is 9.63 Å². The summed E-state index contributed by atoms with van der Waals surface area (Å²) in [6.45, 7) is 4.38. The Hall–Kier alpha value is -1.35. The van der Waals surface area contributed by atoms with Gasteiger partial charge in [-0.2, -0.15) is 0 Å². The monoisotopic (exact) mass is 207 g/mol. The molecule has 82 valence electrons. The number of benzene rings is 1. The highest BCUT2D eigenvalue weighted by Crippen LogP contribution is 2.09. The van der Waals surface area contributed by atoms with Crippen LogP contribution in [0.5, 0.6) is 0 Å². The van der Waals surface area contributed by atoms with Crippen LogP contribution < -0.4 is 5.48 Å². The van der Waals surface area contributed by atoms with E-state index >= 15 is 0 Å². The fourth-order valence-electron chi connectivity index (χ4n) is 1.34. The fraction of sp³-hybridized carbons (Fsp3) is 0.417. The van der Waals surface area contributed by atoms with Gasteiger partial charge >= 0.3 is 0 Å². The van der Waals surface area contributed by atoms with Crippen molar-refractivity contribution >= 4 is 5.91 Å². The van der Waals surface area contributed by atoms with E-state index in [1.54, 1.807) is 0 Å². The molecule has 0 aliphatic heterocycles. The second-order valence-electron chi connectivity index (χ2n) is 3.38. The van der Waals surface area contributed by atoms with Crippen LogP contribution in [0, 0.1) is 6.92 Å². The van der Waals surface area contributed by atoms with Gasteiger partial charge < -0.3 is 0 Å². The van der Waals surface area contributed by atoms with Crippen LogP contribution in [-0.2, 0) is 16.1 Å². The quantitative estimate of drug-likeness (QED) is 0.750. The Kier molecular flexibility index (Phi) is 4.84. The smallest absolute Gasteiger partial charge is 0.243 e. The zero-order valence-electron chi connectivity index (χ0n) is 9.25. The average Bonchev–Trinajstić information content (AvgIpc) is 2.25. The summed E-state index contributed by atoms with van der Waals surface area (Å²) in [6, 6.07) is 8.08. The number of hydrogen-bond donors (Lipinski definition) is 1. The Morgan fingerprint density at radius 3 is 2.80 bits per heavy atom. The third-order valence-corrected chi connectivity index (χ3v) is 2.21. The minimum atomic E-state index is -0.0693. The maximum absolute atomic E-state index is 11.3. The van der Waals surface area contributed by atoms with Crippen LogP contribution >= 0.6 is 0 Å². The second kappa shape index (κ2) is 6.19. The van der Waals surface area contributed by atoms with Crippen molar-refractivity contribution in [2.24, 2.45) is 0 Å². The van der Waals surface area contributed by atoms with Crippen molar-refractivity contribution in [2.45, 2.75) is 26.7 Å². The van der Waals surface area contributed by atoms with Crippen LogP contribution in [0.3, 0.4) is 0 Å². The molecule has 3 heteroatoms. The van der Waals surface area contributed by atoms with Crippen molar-refractivity contribution in [2.75, 3.05) is 6.61 Å². The van der Waals surface area contributed by atoms with Gasteiger partial charge in [0.2, 0.25) is 5.91 Å². The molecule has 1 rings (SSSR count). The minimum absolute atomic E-state index is 0.0693. The summed E-state index contributed by atoms with van der Waals surface area (Å²) in [6.07, 6.45) is 1.22. The highest BCUT2D eigenvalue weighted by atomic mass is 16.6. The summed E-state index contributed by atoms with van der Waals surface area (Å²) in [5.74, 6) is -0.0693. The van der Waals surface area contributed by atoms with E-state index in [0.29, 0.717) is 13.0 Å². The SMILES string of the molecule is CCONC(=O)CCc1ccccc1C. The molecule has 0 bridgehead atoms. The highest BCUT2D eigenvalue weighted by Gasteiger charge is 2.03. The first-order valence-corrected chi connectivity index (χ1v) is 5.19. The summed E-state index contributed by atoms with van der Waals surface area (Å²) >= 11 is 0. The molecule has 0 radical (unpaired) electrons. The van der Waals surface area contributed by atoms with Gasteiger partial charge in [0.05, 0.1) is 6.61 Å². The lowest BCUT2D eigenvalue weighted by Crippen LogP contribution is -2.23. The average molecular weight is 207 g/mol. The molecule has 0 unspecified atom stereocenters. The van der Waals surface area contributed by atoms with Gasteiger partial charge in [-0.1, -0.05) is 24.3 Å². The molecule has 0 aromatic heterocycles. The highest BCUT2D eigenvalue weighted by molar-refractivity contribution is 5.75. The number of aryl methyl sites for hydroxylation is 2. The van der Waals surface area contributed by atoms with Gasteiger partial charge in [-0.15, -0.1) is 0 Å². The number of carbonyl (C=O) groups excluding carboxylic acids is 1. The standard InChI is InChI=1S/C12H17NO2/c1-3-15-13-12(14)9-8-11-7-5-4-6-10(11)2/h4-7H,3,8-9H2,1-2H3,(H,13,14). The molecular weight excluding hydrogens is 190 g/mol. The van der Waals surface area contributed by atoms with Crippen LogP contribution in [-0.4, -0.2) is 12.5 Å². The van der Waals surface area contributed by atoms with E-state index in [2.05, 4.69) is 18.5 Å². The minimum Gasteiger partial charge on any atom is -0.274 e. The van der Waals surface area contributed by atoms with E-state index in [0.717, 1.165) is 6.42 Å². The molecule has 0 spiro atoms. The van der Waals surface area contributed by atoms with Gasteiger partial charge in [-0.3, -0.25) is 9.63 Å². The number of hydrogen-bond acceptors (Lipinski definition) is 2. The third kappa shape index (κ3) is 4.13. The number of amides is 1. The van der Waals surface area contributed by atoms with Crippen LogP contribution in [0.15, 0.2) is 24.3 Å². The summed E-state index contributed by atoms with van der Waals surface area (Å²) in [5.41, 5.74) is 4.82. The Labute approximate surface area is 90.4 Å². The lowest BCUT2D eigenvalue weighted by Gasteiger charge is -2.05. The van der Waals surface area contributed by atoms with E-state index in [1.165, 1.54) is 11.1 Å². The van der Waals surface area contributed by atoms with E-state index < -0.39 is 0 Å². The molecule has 1 amide bonds. The van der Waals surface area contributed by atoms with Gasteiger partial charge in [-0.05, 0) is 31.4 Å². The molecule has 1 N–H and O–H groups in total. The predicted molar refractivity (Wildman–Crippen MR) is 59.3 cm³/mol. The molecule has 0 saturated carbocycles. The Balaban J connectivity index is 2.37. The molecule has 0 saturated heterocycles.